The standard InChI is InChI=1S/C23H42N4O4/c1-15(2)31-21(30)26-17(12-22(3,4)5)20(29)27-13-16(25)11-18(27)19(28)23(14-24)9-7-6-8-10-23/h15-18H,6-14,24-25H2,1-5H3,(H,26,30)/t16-,17+,18+/m0/s1. The van der Waals surface area contributed by atoms with Gasteiger partial charge >= 0.3 is 6.09 Å². The molecule has 0 unspecified atom stereocenters. The number of alkyl carbamates (subject to hydrolysis) is 1. The van der Waals surface area contributed by atoms with Crippen LogP contribution in [0.2, 0.25) is 0 Å². The second kappa shape index (κ2) is 10.3. The average molecular weight is 439 g/mol. The quantitative estimate of drug-likeness (QED) is 0.560. The van der Waals surface area contributed by atoms with E-state index in [2.05, 4.69) is 5.32 Å². The van der Waals surface area contributed by atoms with Gasteiger partial charge in [0.1, 0.15) is 6.04 Å². The van der Waals surface area contributed by atoms with E-state index in [4.69, 9.17) is 16.2 Å². The molecule has 2 rings (SSSR count). The second-order valence-electron chi connectivity index (χ2n) is 10.8. The lowest BCUT2D eigenvalue weighted by Crippen LogP contribution is -2.56. The molecule has 178 valence electrons. The predicted molar refractivity (Wildman–Crippen MR) is 120 cm³/mol. The van der Waals surface area contributed by atoms with Crippen molar-refractivity contribution in [3.05, 3.63) is 0 Å². The highest BCUT2D eigenvalue weighted by Crippen LogP contribution is 2.39. The van der Waals surface area contributed by atoms with Crippen molar-refractivity contribution >= 4 is 17.8 Å². The van der Waals surface area contributed by atoms with E-state index in [1.165, 1.54) is 0 Å². The molecule has 0 radical (unpaired) electrons. The Balaban J connectivity index is 2.26. The summed E-state index contributed by atoms with van der Waals surface area (Å²) in [7, 11) is 0. The van der Waals surface area contributed by atoms with Crippen molar-refractivity contribution in [3.8, 4) is 0 Å². The van der Waals surface area contributed by atoms with Crippen LogP contribution in [0, 0.1) is 10.8 Å². The van der Waals surface area contributed by atoms with Crippen LogP contribution in [0.15, 0.2) is 0 Å². The summed E-state index contributed by atoms with van der Waals surface area (Å²) in [6.45, 7) is 10.1. The van der Waals surface area contributed by atoms with Gasteiger partial charge < -0.3 is 26.4 Å². The number of likely N-dealkylation sites (tertiary alicyclic amines) is 1. The molecule has 1 aliphatic carbocycles. The van der Waals surface area contributed by atoms with Gasteiger partial charge in [-0.05, 0) is 44.9 Å². The number of nitrogens with zero attached hydrogens (tertiary/aromatic N) is 1. The Hall–Kier alpha value is -1.67. The Morgan fingerprint density at radius 1 is 1.16 bits per heavy atom. The highest BCUT2D eigenvalue weighted by atomic mass is 16.6. The molecule has 1 aliphatic heterocycles. The molecular formula is C23H42N4O4. The number of nitrogens with one attached hydrogen (secondary N) is 1. The topological polar surface area (TPSA) is 128 Å². The minimum Gasteiger partial charge on any atom is -0.447 e. The number of carbonyl (C=O) groups is 3. The number of Topliss-reactive ketones (excluding diaryl/α,β-unsaturated/α-hetero) is 1. The summed E-state index contributed by atoms with van der Waals surface area (Å²) >= 11 is 0. The number of hydrogen-bond acceptors (Lipinski definition) is 6. The Morgan fingerprint density at radius 2 is 1.77 bits per heavy atom. The minimum atomic E-state index is -0.785. The zero-order valence-electron chi connectivity index (χ0n) is 19.9. The van der Waals surface area contributed by atoms with Gasteiger partial charge in [-0.25, -0.2) is 4.79 Å². The number of hydrogen-bond donors (Lipinski definition) is 3. The SMILES string of the molecule is CC(C)OC(=O)N[C@H](CC(C)(C)C)C(=O)N1C[C@@H](N)C[C@@H]1C(=O)C1(CN)CCCCC1. The number of rotatable bonds is 7. The van der Waals surface area contributed by atoms with E-state index in [0.717, 1.165) is 32.1 Å². The van der Waals surface area contributed by atoms with Crippen LogP contribution in [0.1, 0.15) is 79.6 Å². The summed E-state index contributed by atoms with van der Waals surface area (Å²) in [6, 6.07) is -1.64. The Kier molecular flexibility index (Phi) is 8.50. The van der Waals surface area contributed by atoms with Crippen molar-refractivity contribution in [2.24, 2.45) is 22.3 Å². The molecule has 5 N–H and O–H groups in total. The van der Waals surface area contributed by atoms with E-state index in [-0.39, 0.29) is 29.3 Å². The van der Waals surface area contributed by atoms with Crippen molar-refractivity contribution in [1.29, 1.82) is 0 Å². The van der Waals surface area contributed by atoms with Crippen molar-refractivity contribution in [1.82, 2.24) is 10.2 Å². The summed E-state index contributed by atoms with van der Waals surface area (Å²) in [4.78, 5) is 41.1. The smallest absolute Gasteiger partial charge is 0.408 e. The molecule has 1 saturated heterocycles. The molecule has 31 heavy (non-hydrogen) atoms. The van der Waals surface area contributed by atoms with Gasteiger partial charge in [0, 0.05) is 24.5 Å². The molecule has 2 fully saturated rings. The van der Waals surface area contributed by atoms with Crippen LogP contribution in [-0.4, -0.2) is 60.0 Å². The first-order valence-electron chi connectivity index (χ1n) is 11.7. The molecule has 3 atom stereocenters. The Bertz CT molecular complexity index is 652. The van der Waals surface area contributed by atoms with E-state index in [0.29, 0.717) is 25.9 Å². The van der Waals surface area contributed by atoms with Gasteiger partial charge in [0.25, 0.3) is 0 Å². The molecule has 8 nitrogen and oxygen atoms in total. The largest absolute Gasteiger partial charge is 0.447 e. The zero-order chi connectivity index (χ0) is 23.4. The molecule has 0 bridgehead atoms. The normalized spacial score (nSPS) is 24.7. The molecule has 2 aliphatic rings. The second-order valence-corrected chi connectivity index (χ2v) is 10.8. The first-order valence-corrected chi connectivity index (χ1v) is 11.7. The van der Waals surface area contributed by atoms with Crippen LogP contribution < -0.4 is 16.8 Å². The van der Waals surface area contributed by atoms with Crippen molar-refractivity contribution < 1.29 is 19.1 Å². The summed E-state index contributed by atoms with van der Waals surface area (Å²) in [5.74, 6) is -0.236. The predicted octanol–water partition coefficient (Wildman–Crippen LogP) is 2.33. The van der Waals surface area contributed by atoms with Gasteiger partial charge in [-0.15, -0.1) is 0 Å². The van der Waals surface area contributed by atoms with E-state index >= 15 is 0 Å². The lowest BCUT2D eigenvalue weighted by Gasteiger charge is -2.39. The van der Waals surface area contributed by atoms with Crippen LogP contribution in [0.25, 0.3) is 0 Å². The fourth-order valence-corrected chi connectivity index (χ4v) is 4.90. The van der Waals surface area contributed by atoms with Crippen molar-refractivity contribution in [3.63, 3.8) is 0 Å². The number of carbonyl (C=O) groups excluding carboxylic acids is 3. The van der Waals surface area contributed by atoms with Crippen LogP contribution in [-0.2, 0) is 14.3 Å². The van der Waals surface area contributed by atoms with E-state index in [1.54, 1.807) is 18.7 Å². The highest BCUT2D eigenvalue weighted by Gasteiger charge is 2.48. The van der Waals surface area contributed by atoms with Crippen LogP contribution in [0.4, 0.5) is 4.79 Å². The number of nitrogens with two attached hydrogens (primary N) is 2. The lowest BCUT2D eigenvalue weighted by molar-refractivity contribution is -0.144. The minimum absolute atomic E-state index is 0.0373. The van der Waals surface area contributed by atoms with Gasteiger partial charge in [0.15, 0.2) is 5.78 Å². The van der Waals surface area contributed by atoms with Crippen LogP contribution in [0.3, 0.4) is 0 Å². The highest BCUT2D eigenvalue weighted by molar-refractivity contribution is 5.96. The molecule has 0 aromatic rings. The van der Waals surface area contributed by atoms with Gasteiger partial charge in [-0.3, -0.25) is 9.59 Å². The molecule has 2 amide bonds. The Labute approximate surface area is 186 Å². The maximum atomic E-state index is 13.6. The monoisotopic (exact) mass is 438 g/mol. The summed E-state index contributed by atoms with van der Waals surface area (Å²) < 4.78 is 5.20. The molecular weight excluding hydrogens is 396 g/mol. The number of ether oxygens (including phenoxy) is 1. The zero-order valence-corrected chi connectivity index (χ0v) is 19.9. The third-order valence-corrected chi connectivity index (χ3v) is 6.39. The van der Waals surface area contributed by atoms with Gasteiger partial charge in [-0.1, -0.05) is 40.0 Å². The summed E-state index contributed by atoms with van der Waals surface area (Å²) in [5, 5.41) is 2.73. The summed E-state index contributed by atoms with van der Waals surface area (Å²) in [6.07, 6.45) is 4.53. The molecule has 0 spiro atoms. The number of amides is 2. The maximum Gasteiger partial charge on any atom is 0.408 e. The van der Waals surface area contributed by atoms with E-state index in [9.17, 15) is 14.4 Å². The number of ketones is 1. The van der Waals surface area contributed by atoms with Gasteiger partial charge in [-0.2, -0.15) is 0 Å². The van der Waals surface area contributed by atoms with Gasteiger partial charge in [0.05, 0.1) is 12.1 Å². The molecule has 1 saturated carbocycles. The van der Waals surface area contributed by atoms with Crippen LogP contribution >= 0.6 is 0 Å². The van der Waals surface area contributed by atoms with Crippen molar-refractivity contribution in [2.75, 3.05) is 13.1 Å². The lowest BCUT2D eigenvalue weighted by atomic mass is 9.69. The first-order chi connectivity index (χ1) is 14.4. The molecule has 0 aromatic heterocycles. The van der Waals surface area contributed by atoms with E-state index in [1.807, 2.05) is 20.8 Å². The third-order valence-electron chi connectivity index (χ3n) is 6.39. The summed E-state index contributed by atoms with van der Waals surface area (Å²) in [5.41, 5.74) is 11.5. The Morgan fingerprint density at radius 3 is 2.29 bits per heavy atom. The fourth-order valence-electron chi connectivity index (χ4n) is 4.90. The van der Waals surface area contributed by atoms with Crippen LogP contribution in [0.5, 0.6) is 0 Å². The van der Waals surface area contributed by atoms with Gasteiger partial charge in [0.2, 0.25) is 5.91 Å². The van der Waals surface area contributed by atoms with E-state index < -0.39 is 23.6 Å². The van der Waals surface area contributed by atoms with Crippen molar-refractivity contribution in [2.45, 2.75) is 104 Å². The average Bonchev–Trinajstić information content (AvgIpc) is 3.06. The first kappa shape index (κ1) is 25.6. The molecule has 8 heteroatoms. The fraction of sp³-hybridized carbons (Fsp3) is 0.870. The molecule has 0 aromatic carbocycles. The third kappa shape index (κ3) is 6.65. The maximum absolute atomic E-state index is 13.6. The molecule has 1 heterocycles.